The van der Waals surface area contributed by atoms with Crippen molar-refractivity contribution in [3.05, 3.63) is 42.0 Å². The fraction of sp³-hybridized carbons (Fsp3) is 0.412. The molecule has 0 spiro atoms. The first-order valence-electron chi connectivity index (χ1n) is 7.55. The number of fused-ring (bicyclic) bond motifs is 1. The highest BCUT2D eigenvalue weighted by Crippen LogP contribution is 2.37. The molecule has 1 N–H and O–H groups in total. The topological polar surface area (TPSA) is 49.4 Å². The summed E-state index contributed by atoms with van der Waals surface area (Å²) in [5, 5.41) is 3.26. The van der Waals surface area contributed by atoms with Crippen LogP contribution in [0.15, 0.2) is 36.4 Å². The van der Waals surface area contributed by atoms with E-state index in [1.54, 1.807) is 0 Å². The van der Waals surface area contributed by atoms with Gasteiger partial charge in [0.05, 0.1) is 17.5 Å². The van der Waals surface area contributed by atoms with Crippen molar-refractivity contribution in [2.24, 2.45) is 11.8 Å². The highest BCUT2D eigenvalue weighted by atomic mass is 16.2. The molecule has 1 aromatic carbocycles. The number of nitrogens with zero attached hydrogens (tertiary/aromatic N) is 1. The normalized spacial score (nSPS) is 24.5. The van der Waals surface area contributed by atoms with E-state index in [-0.39, 0.29) is 23.7 Å². The quantitative estimate of drug-likeness (QED) is 0.681. The lowest BCUT2D eigenvalue weighted by Crippen LogP contribution is -2.31. The molecule has 3 rings (SSSR count). The Morgan fingerprint density at radius 3 is 2.43 bits per heavy atom. The van der Waals surface area contributed by atoms with Crippen LogP contribution in [0.25, 0.3) is 0 Å². The number of amides is 2. The summed E-state index contributed by atoms with van der Waals surface area (Å²) in [5.74, 6) is -0.426. The molecular weight excluding hydrogens is 264 g/mol. The van der Waals surface area contributed by atoms with Crippen molar-refractivity contribution < 1.29 is 9.59 Å². The molecule has 110 valence electrons. The molecule has 1 heterocycles. The number of allylic oxidation sites excluding steroid dienone is 2. The maximum atomic E-state index is 12.5. The van der Waals surface area contributed by atoms with Crippen LogP contribution in [0.2, 0.25) is 0 Å². The average Bonchev–Trinajstić information content (AvgIpc) is 2.78. The number of anilines is 1. The minimum atomic E-state index is -0.167. The second-order valence-corrected chi connectivity index (χ2v) is 5.62. The van der Waals surface area contributed by atoms with E-state index in [1.165, 1.54) is 4.90 Å². The van der Waals surface area contributed by atoms with Gasteiger partial charge >= 0.3 is 0 Å². The van der Waals surface area contributed by atoms with Gasteiger partial charge in [-0.25, -0.2) is 0 Å². The van der Waals surface area contributed by atoms with Gasteiger partial charge in [-0.3, -0.25) is 14.5 Å². The number of benzene rings is 1. The van der Waals surface area contributed by atoms with Crippen LogP contribution in [-0.4, -0.2) is 18.4 Å². The predicted molar refractivity (Wildman–Crippen MR) is 81.7 cm³/mol. The Morgan fingerprint density at radius 1 is 1.14 bits per heavy atom. The molecule has 0 saturated carbocycles. The van der Waals surface area contributed by atoms with E-state index >= 15 is 0 Å². The van der Waals surface area contributed by atoms with E-state index in [0.29, 0.717) is 18.5 Å². The zero-order valence-electron chi connectivity index (χ0n) is 12.2. The van der Waals surface area contributed by atoms with E-state index in [1.807, 2.05) is 36.4 Å². The molecule has 2 amide bonds. The first kappa shape index (κ1) is 14.0. The Morgan fingerprint density at radius 2 is 1.81 bits per heavy atom. The second kappa shape index (κ2) is 5.82. The van der Waals surface area contributed by atoms with Gasteiger partial charge in [0.2, 0.25) is 11.8 Å². The van der Waals surface area contributed by atoms with Gasteiger partial charge in [-0.15, -0.1) is 0 Å². The number of imide groups is 1. The molecule has 0 radical (unpaired) electrons. The SMILES string of the molecule is CCNCc1cccc(N2C(=O)[C@H]3CC=CC[C@H]3C2=O)c1. The number of hydrogen-bond acceptors (Lipinski definition) is 3. The van der Waals surface area contributed by atoms with Gasteiger partial charge in [0.15, 0.2) is 0 Å². The second-order valence-electron chi connectivity index (χ2n) is 5.62. The molecule has 1 fully saturated rings. The summed E-state index contributed by atoms with van der Waals surface area (Å²) in [4.78, 5) is 26.4. The highest BCUT2D eigenvalue weighted by Gasteiger charge is 2.47. The number of carbonyl (C=O) groups excluding carboxylic acids is 2. The largest absolute Gasteiger partial charge is 0.313 e. The standard InChI is InChI=1S/C17H20N2O2/c1-2-18-11-12-6-5-7-13(10-12)19-16(20)14-8-3-4-9-15(14)17(19)21/h3-7,10,14-15,18H,2,8-9,11H2,1H3/t14-,15+. The van der Waals surface area contributed by atoms with Crippen LogP contribution in [0, 0.1) is 11.8 Å². The van der Waals surface area contributed by atoms with Crippen LogP contribution < -0.4 is 10.2 Å². The Kier molecular flexibility index (Phi) is 3.88. The maximum Gasteiger partial charge on any atom is 0.238 e. The molecule has 1 aliphatic carbocycles. The summed E-state index contributed by atoms with van der Waals surface area (Å²) in [7, 11) is 0. The molecule has 2 aliphatic rings. The molecule has 1 aromatic rings. The number of rotatable bonds is 4. The van der Waals surface area contributed by atoms with Gasteiger partial charge in [0.25, 0.3) is 0 Å². The van der Waals surface area contributed by atoms with Gasteiger partial charge in [-0.1, -0.05) is 31.2 Å². The first-order chi connectivity index (χ1) is 10.2. The Hall–Kier alpha value is -1.94. The van der Waals surface area contributed by atoms with E-state index in [9.17, 15) is 9.59 Å². The Bertz CT molecular complexity index is 568. The van der Waals surface area contributed by atoms with Crippen molar-refractivity contribution >= 4 is 17.5 Å². The molecule has 0 bridgehead atoms. The van der Waals surface area contributed by atoms with Gasteiger partial charge in [-0.2, -0.15) is 0 Å². The number of carbonyl (C=O) groups is 2. The van der Waals surface area contributed by atoms with Crippen LogP contribution in [0.1, 0.15) is 25.3 Å². The Balaban J connectivity index is 1.86. The lowest BCUT2D eigenvalue weighted by molar-refractivity contribution is -0.122. The van der Waals surface area contributed by atoms with Gasteiger partial charge in [0.1, 0.15) is 0 Å². The Labute approximate surface area is 124 Å². The minimum Gasteiger partial charge on any atom is -0.313 e. The fourth-order valence-electron chi connectivity index (χ4n) is 3.13. The van der Waals surface area contributed by atoms with Crippen molar-refractivity contribution in [2.75, 3.05) is 11.4 Å². The van der Waals surface area contributed by atoms with Gasteiger partial charge in [-0.05, 0) is 37.1 Å². The van der Waals surface area contributed by atoms with Crippen LogP contribution >= 0.6 is 0 Å². The van der Waals surface area contributed by atoms with Crippen molar-refractivity contribution in [3.63, 3.8) is 0 Å². The zero-order chi connectivity index (χ0) is 14.8. The van der Waals surface area contributed by atoms with Crippen LogP contribution in [-0.2, 0) is 16.1 Å². The predicted octanol–water partition coefficient (Wildman–Crippen LogP) is 2.25. The van der Waals surface area contributed by atoms with E-state index < -0.39 is 0 Å². The molecule has 0 unspecified atom stereocenters. The van der Waals surface area contributed by atoms with Crippen molar-refractivity contribution in [1.29, 1.82) is 0 Å². The van der Waals surface area contributed by atoms with Crippen LogP contribution in [0.3, 0.4) is 0 Å². The molecule has 1 saturated heterocycles. The molecule has 4 nitrogen and oxygen atoms in total. The molecule has 21 heavy (non-hydrogen) atoms. The number of hydrogen-bond donors (Lipinski definition) is 1. The van der Waals surface area contributed by atoms with Crippen LogP contribution in [0.5, 0.6) is 0 Å². The lowest BCUT2D eigenvalue weighted by Gasteiger charge is -2.16. The third kappa shape index (κ3) is 2.51. The summed E-state index contributed by atoms with van der Waals surface area (Å²) in [6, 6.07) is 7.69. The summed E-state index contributed by atoms with van der Waals surface area (Å²) in [5.41, 5.74) is 1.79. The zero-order valence-corrected chi connectivity index (χ0v) is 12.2. The number of nitrogens with one attached hydrogen (secondary N) is 1. The maximum absolute atomic E-state index is 12.5. The molecular formula is C17H20N2O2. The summed E-state index contributed by atoms with van der Waals surface area (Å²) in [6.45, 7) is 3.69. The van der Waals surface area contributed by atoms with Crippen molar-refractivity contribution in [1.82, 2.24) is 5.32 Å². The van der Waals surface area contributed by atoms with Crippen molar-refractivity contribution in [3.8, 4) is 0 Å². The van der Waals surface area contributed by atoms with Crippen molar-refractivity contribution in [2.45, 2.75) is 26.3 Å². The third-order valence-electron chi connectivity index (χ3n) is 4.26. The fourth-order valence-corrected chi connectivity index (χ4v) is 3.13. The smallest absolute Gasteiger partial charge is 0.238 e. The molecule has 4 heteroatoms. The van der Waals surface area contributed by atoms with E-state index in [0.717, 1.165) is 18.7 Å². The minimum absolute atomic E-state index is 0.0463. The van der Waals surface area contributed by atoms with Gasteiger partial charge < -0.3 is 5.32 Å². The first-order valence-corrected chi connectivity index (χ1v) is 7.55. The summed E-state index contributed by atoms with van der Waals surface area (Å²) < 4.78 is 0. The monoisotopic (exact) mass is 284 g/mol. The van der Waals surface area contributed by atoms with Crippen LogP contribution in [0.4, 0.5) is 5.69 Å². The summed E-state index contributed by atoms with van der Waals surface area (Å²) >= 11 is 0. The van der Waals surface area contributed by atoms with E-state index in [2.05, 4.69) is 12.2 Å². The molecule has 2 atom stereocenters. The van der Waals surface area contributed by atoms with Gasteiger partial charge in [0, 0.05) is 6.54 Å². The van der Waals surface area contributed by atoms with E-state index in [4.69, 9.17) is 0 Å². The summed E-state index contributed by atoms with van der Waals surface area (Å²) in [6.07, 6.45) is 5.39. The molecule has 0 aromatic heterocycles. The molecule has 1 aliphatic heterocycles. The highest BCUT2D eigenvalue weighted by molar-refractivity contribution is 6.22. The lowest BCUT2D eigenvalue weighted by atomic mass is 9.85. The third-order valence-corrected chi connectivity index (χ3v) is 4.26. The average molecular weight is 284 g/mol.